The van der Waals surface area contributed by atoms with Crippen molar-refractivity contribution in [2.45, 2.75) is 63.8 Å². The first kappa shape index (κ1) is 13.0. The Balaban J connectivity index is 1.84. The summed E-state index contributed by atoms with van der Waals surface area (Å²) in [6.07, 6.45) is 7.65. The van der Waals surface area contributed by atoms with Crippen molar-refractivity contribution in [2.24, 2.45) is 0 Å². The van der Waals surface area contributed by atoms with Crippen molar-refractivity contribution in [1.82, 2.24) is 4.90 Å². The first-order chi connectivity index (χ1) is 9.09. The first-order valence-electron chi connectivity index (χ1n) is 7.45. The number of ether oxygens (including phenoxy) is 2. The highest BCUT2D eigenvalue weighted by Crippen LogP contribution is 2.43. The van der Waals surface area contributed by atoms with Crippen LogP contribution in [-0.2, 0) is 14.3 Å². The average molecular weight is 265 g/mol. The SMILES string of the molecule is CC1CN(C2=CC(=O)OC23CCCCC3)CC(C)O1. The van der Waals surface area contributed by atoms with Gasteiger partial charge in [0, 0.05) is 19.2 Å². The number of carbonyl (C=O) groups excluding carboxylic acids is 1. The minimum absolute atomic E-state index is 0.163. The first-order valence-corrected chi connectivity index (χ1v) is 7.45. The van der Waals surface area contributed by atoms with Crippen molar-refractivity contribution in [1.29, 1.82) is 0 Å². The standard InChI is InChI=1S/C15H23NO3/c1-11-9-16(10-12(2)18-11)13-8-14(17)19-15(13)6-4-3-5-7-15/h8,11-12H,3-7,9-10H2,1-2H3. The molecule has 0 aromatic carbocycles. The van der Waals surface area contributed by atoms with E-state index in [0.29, 0.717) is 0 Å². The van der Waals surface area contributed by atoms with Crippen LogP contribution in [0.15, 0.2) is 11.8 Å². The molecule has 2 heterocycles. The summed E-state index contributed by atoms with van der Waals surface area (Å²) in [6, 6.07) is 0. The molecule has 19 heavy (non-hydrogen) atoms. The van der Waals surface area contributed by atoms with Gasteiger partial charge in [0.05, 0.1) is 17.9 Å². The molecular weight excluding hydrogens is 242 g/mol. The quantitative estimate of drug-likeness (QED) is 0.682. The maximum absolute atomic E-state index is 11.8. The summed E-state index contributed by atoms with van der Waals surface area (Å²) in [6.45, 7) is 5.89. The lowest BCUT2D eigenvalue weighted by molar-refractivity contribution is -0.150. The molecule has 0 aromatic heterocycles. The topological polar surface area (TPSA) is 38.8 Å². The van der Waals surface area contributed by atoms with Gasteiger partial charge in [-0.2, -0.15) is 0 Å². The molecule has 1 aliphatic carbocycles. The van der Waals surface area contributed by atoms with Gasteiger partial charge in [0.25, 0.3) is 0 Å². The molecule has 1 saturated carbocycles. The molecule has 2 aliphatic heterocycles. The highest BCUT2D eigenvalue weighted by Gasteiger charge is 2.47. The van der Waals surface area contributed by atoms with E-state index < -0.39 is 0 Å². The predicted molar refractivity (Wildman–Crippen MR) is 71.6 cm³/mol. The summed E-state index contributed by atoms with van der Waals surface area (Å²) in [5, 5.41) is 0. The molecule has 3 aliphatic rings. The summed E-state index contributed by atoms with van der Waals surface area (Å²) in [5.41, 5.74) is 0.783. The van der Waals surface area contributed by atoms with Crippen molar-refractivity contribution >= 4 is 5.97 Å². The number of nitrogens with zero attached hydrogens (tertiary/aromatic N) is 1. The molecule has 0 amide bonds. The Hall–Kier alpha value is -1.03. The highest BCUT2D eigenvalue weighted by atomic mass is 16.6. The largest absolute Gasteiger partial charge is 0.449 e. The van der Waals surface area contributed by atoms with Gasteiger partial charge < -0.3 is 14.4 Å². The van der Waals surface area contributed by atoms with Crippen LogP contribution >= 0.6 is 0 Å². The number of morpholine rings is 1. The summed E-state index contributed by atoms with van der Waals surface area (Å²) in [5.74, 6) is -0.163. The fourth-order valence-electron chi connectivity index (χ4n) is 3.75. The van der Waals surface area contributed by atoms with E-state index in [1.807, 2.05) is 0 Å². The molecule has 1 spiro atoms. The minimum atomic E-state index is -0.327. The molecule has 2 unspecified atom stereocenters. The van der Waals surface area contributed by atoms with Crippen LogP contribution in [0.4, 0.5) is 0 Å². The van der Waals surface area contributed by atoms with Crippen molar-refractivity contribution in [2.75, 3.05) is 13.1 Å². The maximum Gasteiger partial charge on any atom is 0.333 e. The number of carbonyl (C=O) groups is 1. The van der Waals surface area contributed by atoms with Crippen molar-refractivity contribution < 1.29 is 14.3 Å². The van der Waals surface area contributed by atoms with Crippen molar-refractivity contribution in [3.05, 3.63) is 11.8 Å². The third kappa shape index (κ3) is 2.38. The molecule has 3 rings (SSSR count). The third-order valence-corrected chi connectivity index (χ3v) is 4.44. The molecule has 0 aromatic rings. The summed E-state index contributed by atoms with van der Waals surface area (Å²) >= 11 is 0. The van der Waals surface area contributed by atoms with E-state index in [2.05, 4.69) is 18.7 Å². The van der Waals surface area contributed by atoms with Crippen LogP contribution in [0.1, 0.15) is 46.0 Å². The van der Waals surface area contributed by atoms with Crippen LogP contribution in [0.3, 0.4) is 0 Å². The molecule has 2 fully saturated rings. The van der Waals surface area contributed by atoms with Gasteiger partial charge in [-0.15, -0.1) is 0 Å². The second-order valence-corrected chi connectivity index (χ2v) is 6.17. The van der Waals surface area contributed by atoms with Gasteiger partial charge in [-0.25, -0.2) is 4.79 Å². The van der Waals surface area contributed by atoms with Gasteiger partial charge in [-0.3, -0.25) is 0 Å². The minimum Gasteiger partial charge on any atom is -0.449 e. The molecule has 4 nitrogen and oxygen atoms in total. The fourth-order valence-corrected chi connectivity index (χ4v) is 3.75. The van der Waals surface area contributed by atoms with E-state index in [9.17, 15) is 4.79 Å². The van der Waals surface area contributed by atoms with Crippen molar-refractivity contribution in [3.63, 3.8) is 0 Å². The van der Waals surface area contributed by atoms with E-state index in [1.54, 1.807) is 6.08 Å². The number of rotatable bonds is 1. The lowest BCUT2D eigenvalue weighted by Crippen LogP contribution is -2.50. The number of hydrogen-bond acceptors (Lipinski definition) is 4. The Bertz CT molecular complexity index is 388. The van der Waals surface area contributed by atoms with Crippen LogP contribution < -0.4 is 0 Å². The molecule has 2 atom stereocenters. The fraction of sp³-hybridized carbons (Fsp3) is 0.800. The van der Waals surface area contributed by atoms with Gasteiger partial charge in [-0.05, 0) is 39.5 Å². The molecule has 1 saturated heterocycles. The maximum atomic E-state index is 11.8. The normalized spacial score (nSPS) is 34.3. The zero-order valence-electron chi connectivity index (χ0n) is 11.9. The van der Waals surface area contributed by atoms with Crippen molar-refractivity contribution in [3.8, 4) is 0 Å². The Kier molecular flexibility index (Phi) is 3.29. The van der Waals surface area contributed by atoms with Crippen LogP contribution in [0, 0.1) is 0 Å². The zero-order chi connectivity index (χ0) is 13.5. The number of esters is 1. The summed E-state index contributed by atoms with van der Waals surface area (Å²) < 4.78 is 11.5. The molecular formula is C15H23NO3. The Morgan fingerprint density at radius 1 is 1.16 bits per heavy atom. The second-order valence-electron chi connectivity index (χ2n) is 6.17. The lowest BCUT2D eigenvalue weighted by atomic mass is 9.82. The Morgan fingerprint density at radius 2 is 1.79 bits per heavy atom. The van der Waals surface area contributed by atoms with E-state index in [4.69, 9.17) is 9.47 Å². The van der Waals surface area contributed by atoms with E-state index in [1.165, 1.54) is 6.42 Å². The smallest absolute Gasteiger partial charge is 0.333 e. The van der Waals surface area contributed by atoms with Crippen LogP contribution in [0.5, 0.6) is 0 Å². The molecule has 0 radical (unpaired) electrons. The van der Waals surface area contributed by atoms with Crippen LogP contribution in [0.25, 0.3) is 0 Å². The zero-order valence-corrected chi connectivity index (χ0v) is 11.9. The monoisotopic (exact) mass is 265 g/mol. The van der Waals surface area contributed by atoms with Gasteiger partial charge >= 0.3 is 5.97 Å². The molecule has 4 heteroatoms. The van der Waals surface area contributed by atoms with E-state index in [0.717, 1.165) is 44.5 Å². The summed E-state index contributed by atoms with van der Waals surface area (Å²) in [7, 11) is 0. The van der Waals surface area contributed by atoms with E-state index >= 15 is 0 Å². The molecule has 0 bridgehead atoms. The third-order valence-electron chi connectivity index (χ3n) is 4.44. The lowest BCUT2D eigenvalue weighted by Gasteiger charge is -2.44. The predicted octanol–water partition coefficient (Wildman–Crippen LogP) is 2.24. The van der Waals surface area contributed by atoms with Gasteiger partial charge in [-0.1, -0.05) is 6.42 Å². The highest BCUT2D eigenvalue weighted by molar-refractivity contribution is 5.86. The van der Waals surface area contributed by atoms with Gasteiger partial charge in [0.1, 0.15) is 0 Å². The Morgan fingerprint density at radius 3 is 2.42 bits per heavy atom. The number of hydrogen-bond donors (Lipinski definition) is 0. The van der Waals surface area contributed by atoms with E-state index in [-0.39, 0.29) is 23.8 Å². The average Bonchev–Trinajstić information content (AvgIpc) is 2.65. The summed E-state index contributed by atoms with van der Waals surface area (Å²) in [4.78, 5) is 14.1. The second kappa shape index (κ2) is 4.82. The molecule has 106 valence electrons. The van der Waals surface area contributed by atoms with Crippen LogP contribution in [0.2, 0.25) is 0 Å². The van der Waals surface area contributed by atoms with Crippen LogP contribution in [-0.4, -0.2) is 41.8 Å². The van der Waals surface area contributed by atoms with Gasteiger partial charge in [0.2, 0.25) is 0 Å². The van der Waals surface area contributed by atoms with Gasteiger partial charge in [0.15, 0.2) is 5.60 Å². The Labute approximate surface area is 114 Å². The molecule has 0 N–H and O–H groups in total.